The van der Waals surface area contributed by atoms with Gasteiger partial charge >= 0.3 is 0 Å². The van der Waals surface area contributed by atoms with E-state index in [0.717, 1.165) is 16.6 Å². The second-order valence-electron chi connectivity index (χ2n) is 5.40. The van der Waals surface area contributed by atoms with Crippen LogP contribution in [0.1, 0.15) is 11.1 Å². The zero-order valence-electron chi connectivity index (χ0n) is 12.0. The Labute approximate surface area is 136 Å². The Hall–Kier alpha value is -1.85. The third kappa shape index (κ3) is 2.51. The number of thioether (sulfide) groups is 1. The summed E-state index contributed by atoms with van der Waals surface area (Å²) in [5.74, 6) is 0.0389. The maximum atomic E-state index is 12.5. The van der Waals surface area contributed by atoms with Crippen LogP contribution in [-0.4, -0.2) is 16.1 Å². The highest BCUT2D eigenvalue weighted by Gasteiger charge is 2.28. The average molecular weight is 326 g/mol. The van der Waals surface area contributed by atoms with Gasteiger partial charge in [0.1, 0.15) is 0 Å². The van der Waals surface area contributed by atoms with Gasteiger partial charge in [0, 0.05) is 4.90 Å². The Morgan fingerprint density at radius 2 is 2.14 bits per heavy atom. The largest absolute Gasteiger partial charge is 0.301 e. The lowest BCUT2D eigenvalue weighted by Crippen LogP contribution is -2.24. The third-order valence-electron chi connectivity index (χ3n) is 3.71. The molecule has 4 rings (SSSR count). The number of hydrogen-bond donors (Lipinski definition) is 1. The van der Waals surface area contributed by atoms with Crippen molar-refractivity contribution >= 4 is 44.4 Å². The topological polar surface area (TPSA) is 42.0 Å². The van der Waals surface area contributed by atoms with Gasteiger partial charge < -0.3 is 5.32 Å². The Kier molecular flexibility index (Phi) is 3.39. The Balaban J connectivity index is 1.52. The van der Waals surface area contributed by atoms with Gasteiger partial charge in [-0.3, -0.25) is 4.79 Å². The number of aromatic nitrogens is 1. The van der Waals surface area contributed by atoms with Crippen molar-refractivity contribution in [1.29, 1.82) is 0 Å². The second-order valence-corrected chi connectivity index (χ2v) is 7.67. The van der Waals surface area contributed by atoms with Gasteiger partial charge in [-0.05, 0) is 42.7 Å². The van der Waals surface area contributed by atoms with Crippen molar-refractivity contribution in [2.24, 2.45) is 0 Å². The fourth-order valence-electron chi connectivity index (χ4n) is 2.60. The summed E-state index contributed by atoms with van der Waals surface area (Å²) in [5, 5.41) is 3.59. The van der Waals surface area contributed by atoms with Crippen LogP contribution in [0.25, 0.3) is 10.2 Å². The number of fused-ring (bicyclic) bond motifs is 2. The van der Waals surface area contributed by atoms with Crippen LogP contribution in [0.3, 0.4) is 0 Å². The van der Waals surface area contributed by atoms with Gasteiger partial charge in [-0.15, -0.1) is 11.8 Å². The van der Waals surface area contributed by atoms with Crippen LogP contribution >= 0.6 is 23.1 Å². The van der Waals surface area contributed by atoms with E-state index in [4.69, 9.17) is 0 Å². The molecule has 0 radical (unpaired) electrons. The van der Waals surface area contributed by atoms with E-state index >= 15 is 0 Å². The molecule has 1 unspecified atom stereocenters. The molecule has 1 aromatic heterocycles. The summed E-state index contributed by atoms with van der Waals surface area (Å²) < 4.78 is 1.11. The number of nitrogens with one attached hydrogen (secondary N) is 1. The first kappa shape index (κ1) is 13.8. The molecule has 0 fully saturated rings. The van der Waals surface area contributed by atoms with Gasteiger partial charge in [0.25, 0.3) is 0 Å². The first-order valence-corrected chi connectivity index (χ1v) is 8.81. The van der Waals surface area contributed by atoms with E-state index in [2.05, 4.69) is 35.4 Å². The number of benzene rings is 2. The number of nitrogens with zero attached hydrogens (tertiary/aromatic N) is 1. The molecule has 110 valence electrons. The molecular formula is C17H14N2OS2. The molecule has 1 aliphatic rings. The first-order chi connectivity index (χ1) is 10.7. The van der Waals surface area contributed by atoms with Crippen molar-refractivity contribution in [3.63, 3.8) is 0 Å². The van der Waals surface area contributed by atoms with Gasteiger partial charge in [-0.25, -0.2) is 4.98 Å². The van der Waals surface area contributed by atoms with Crippen LogP contribution < -0.4 is 5.32 Å². The standard InChI is InChI=1S/C17H14N2OS2/c1-10-6-7-12-14(8-10)22-17(18-12)19-16(20)15-9-11-4-2-3-5-13(11)21-15/h2-8,15H,9H2,1H3,(H,18,19,20). The predicted octanol–water partition coefficient (Wildman–Crippen LogP) is 4.26. The summed E-state index contributed by atoms with van der Waals surface area (Å²) >= 11 is 3.17. The Bertz CT molecular complexity index is 847. The number of amides is 1. The van der Waals surface area contributed by atoms with E-state index < -0.39 is 0 Å². The summed E-state index contributed by atoms with van der Waals surface area (Å²) in [6.45, 7) is 2.06. The number of carbonyl (C=O) groups is 1. The molecule has 3 nitrogen and oxygen atoms in total. The minimum absolute atomic E-state index is 0.0389. The second kappa shape index (κ2) is 5.41. The van der Waals surface area contributed by atoms with Crippen LogP contribution in [0.4, 0.5) is 5.13 Å². The van der Waals surface area contributed by atoms with Crippen molar-refractivity contribution in [2.75, 3.05) is 5.32 Å². The maximum Gasteiger partial charge on any atom is 0.239 e. The van der Waals surface area contributed by atoms with Gasteiger partial charge in [0.15, 0.2) is 5.13 Å². The normalized spacial score (nSPS) is 16.7. The number of carbonyl (C=O) groups excluding carboxylic acids is 1. The molecule has 0 saturated carbocycles. The highest BCUT2D eigenvalue weighted by atomic mass is 32.2. The molecule has 5 heteroatoms. The summed E-state index contributed by atoms with van der Waals surface area (Å²) in [6, 6.07) is 14.3. The van der Waals surface area contributed by atoms with E-state index in [1.165, 1.54) is 27.4 Å². The summed E-state index contributed by atoms with van der Waals surface area (Å²) in [5.41, 5.74) is 3.40. The van der Waals surface area contributed by atoms with Gasteiger partial charge in [0.2, 0.25) is 5.91 Å². The molecule has 0 saturated heterocycles. The van der Waals surface area contributed by atoms with Crippen molar-refractivity contribution in [2.45, 2.75) is 23.5 Å². The molecule has 22 heavy (non-hydrogen) atoms. The highest BCUT2D eigenvalue weighted by molar-refractivity contribution is 8.01. The zero-order chi connectivity index (χ0) is 15.1. The smallest absolute Gasteiger partial charge is 0.239 e. The fourth-order valence-corrected chi connectivity index (χ4v) is 4.76. The number of hydrogen-bond acceptors (Lipinski definition) is 4. The molecule has 0 spiro atoms. The molecule has 0 aliphatic carbocycles. The van der Waals surface area contributed by atoms with E-state index in [1.807, 2.05) is 24.3 Å². The molecule has 3 aromatic rings. The summed E-state index contributed by atoms with van der Waals surface area (Å²) in [6.07, 6.45) is 0.788. The number of rotatable bonds is 2. The molecule has 2 aromatic carbocycles. The SMILES string of the molecule is Cc1ccc2nc(NC(=O)C3Cc4ccccc4S3)sc2c1. The molecule has 1 atom stereocenters. The number of aryl methyl sites for hydroxylation is 1. The van der Waals surface area contributed by atoms with Crippen molar-refractivity contribution in [3.8, 4) is 0 Å². The van der Waals surface area contributed by atoms with E-state index in [-0.39, 0.29) is 11.2 Å². The minimum Gasteiger partial charge on any atom is -0.301 e. The molecule has 0 bridgehead atoms. The van der Waals surface area contributed by atoms with Crippen LogP contribution in [0.2, 0.25) is 0 Å². The average Bonchev–Trinajstić information content (AvgIpc) is 3.09. The van der Waals surface area contributed by atoms with Crippen LogP contribution in [0, 0.1) is 6.92 Å². The molecule has 1 aliphatic heterocycles. The molecule has 2 heterocycles. The maximum absolute atomic E-state index is 12.5. The molecular weight excluding hydrogens is 312 g/mol. The Morgan fingerprint density at radius 3 is 3.00 bits per heavy atom. The lowest BCUT2D eigenvalue weighted by molar-refractivity contribution is -0.115. The van der Waals surface area contributed by atoms with Crippen LogP contribution in [-0.2, 0) is 11.2 Å². The lowest BCUT2D eigenvalue weighted by atomic mass is 10.1. The third-order valence-corrected chi connectivity index (χ3v) is 5.96. The highest BCUT2D eigenvalue weighted by Crippen LogP contribution is 2.37. The van der Waals surface area contributed by atoms with Gasteiger partial charge in [-0.1, -0.05) is 35.6 Å². The fraction of sp³-hybridized carbons (Fsp3) is 0.176. The van der Waals surface area contributed by atoms with Gasteiger partial charge in [-0.2, -0.15) is 0 Å². The van der Waals surface area contributed by atoms with Crippen molar-refractivity contribution < 1.29 is 4.79 Å². The zero-order valence-corrected chi connectivity index (χ0v) is 13.6. The van der Waals surface area contributed by atoms with E-state index in [0.29, 0.717) is 5.13 Å². The van der Waals surface area contributed by atoms with Crippen molar-refractivity contribution in [1.82, 2.24) is 4.98 Å². The van der Waals surface area contributed by atoms with Crippen molar-refractivity contribution in [3.05, 3.63) is 53.6 Å². The quantitative estimate of drug-likeness (QED) is 0.765. The Morgan fingerprint density at radius 1 is 1.27 bits per heavy atom. The van der Waals surface area contributed by atoms with Crippen LogP contribution in [0.5, 0.6) is 0 Å². The predicted molar refractivity (Wildman–Crippen MR) is 92.8 cm³/mol. The molecule has 1 amide bonds. The minimum atomic E-state index is -0.0638. The van der Waals surface area contributed by atoms with E-state index in [9.17, 15) is 4.79 Å². The summed E-state index contributed by atoms with van der Waals surface area (Å²) in [4.78, 5) is 18.2. The summed E-state index contributed by atoms with van der Waals surface area (Å²) in [7, 11) is 0. The monoisotopic (exact) mass is 326 g/mol. The van der Waals surface area contributed by atoms with Crippen LogP contribution in [0.15, 0.2) is 47.4 Å². The lowest BCUT2D eigenvalue weighted by Gasteiger charge is -2.07. The van der Waals surface area contributed by atoms with Gasteiger partial charge in [0.05, 0.1) is 15.5 Å². The van der Waals surface area contributed by atoms with E-state index in [1.54, 1.807) is 11.8 Å². The molecule has 1 N–H and O–H groups in total. The number of thiazole rings is 1. The first-order valence-electron chi connectivity index (χ1n) is 7.12. The number of anilines is 1.